The van der Waals surface area contributed by atoms with Crippen molar-refractivity contribution in [3.8, 4) is 6.07 Å². The van der Waals surface area contributed by atoms with Crippen LogP contribution in [0.5, 0.6) is 0 Å². The van der Waals surface area contributed by atoms with Gasteiger partial charge in [0.2, 0.25) is 0 Å². The molecular weight excluding hydrogens is 278 g/mol. The van der Waals surface area contributed by atoms with Gasteiger partial charge in [0.25, 0.3) is 5.91 Å². The number of carbonyl (C=O) groups is 1. The highest BCUT2D eigenvalue weighted by molar-refractivity contribution is 5.97. The Kier molecular flexibility index (Phi) is 7.14. The van der Waals surface area contributed by atoms with E-state index >= 15 is 0 Å². The van der Waals surface area contributed by atoms with Crippen molar-refractivity contribution in [2.24, 2.45) is 0 Å². The molecule has 0 spiro atoms. The predicted molar refractivity (Wildman–Crippen MR) is 85.5 cm³/mol. The highest BCUT2D eigenvalue weighted by Gasteiger charge is 2.21. The van der Waals surface area contributed by atoms with Gasteiger partial charge in [0.1, 0.15) is 11.6 Å². The number of amides is 1. The molecule has 1 atom stereocenters. The number of nitrogens with zero attached hydrogens (tertiary/aromatic N) is 2. The van der Waals surface area contributed by atoms with E-state index in [0.717, 1.165) is 5.56 Å². The van der Waals surface area contributed by atoms with Gasteiger partial charge in [0.05, 0.1) is 6.10 Å². The minimum Gasteiger partial charge on any atom is -0.392 e. The molecule has 1 unspecified atom stereocenters. The summed E-state index contributed by atoms with van der Waals surface area (Å²) in [5, 5.41) is 21.2. The minimum atomic E-state index is -0.545. The second-order valence-corrected chi connectivity index (χ2v) is 5.44. The standard InChI is InChI=1S/C17H23N3O2/c1-13(2)20(12-15-7-5-4-6-8-15)17(22)16(9-18)11-19-10-14(3)21/h4-8,11,13-14,19,21H,10,12H2,1-3H3/b16-11-. The van der Waals surface area contributed by atoms with Crippen LogP contribution in [-0.2, 0) is 11.3 Å². The quantitative estimate of drug-likeness (QED) is 0.595. The van der Waals surface area contributed by atoms with E-state index < -0.39 is 6.10 Å². The lowest BCUT2D eigenvalue weighted by Gasteiger charge is -2.26. The summed E-state index contributed by atoms with van der Waals surface area (Å²) in [4.78, 5) is 14.2. The lowest BCUT2D eigenvalue weighted by molar-refractivity contribution is -0.129. The molecule has 0 aliphatic heterocycles. The van der Waals surface area contributed by atoms with E-state index in [1.165, 1.54) is 6.20 Å². The number of nitriles is 1. The van der Waals surface area contributed by atoms with Crippen LogP contribution in [0.25, 0.3) is 0 Å². The van der Waals surface area contributed by atoms with Crippen LogP contribution in [0, 0.1) is 11.3 Å². The van der Waals surface area contributed by atoms with Gasteiger partial charge in [0, 0.05) is 25.3 Å². The van der Waals surface area contributed by atoms with Crippen LogP contribution >= 0.6 is 0 Å². The number of aliphatic hydroxyl groups is 1. The topological polar surface area (TPSA) is 76.4 Å². The number of rotatable bonds is 7. The summed E-state index contributed by atoms with van der Waals surface area (Å²) < 4.78 is 0. The number of nitrogens with one attached hydrogen (secondary N) is 1. The van der Waals surface area contributed by atoms with Crippen molar-refractivity contribution >= 4 is 5.91 Å². The molecule has 1 amide bonds. The molecule has 0 saturated carbocycles. The third-order valence-electron chi connectivity index (χ3n) is 3.09. The van der Waals surface area contributed by atoms with Crippen LogP contribution in [0.1, 0.15) is 26.3 Å². The predicted octanol–water partition coefficient (Wildman–Crippen LogP) is 1.80. The molecule has 0 aromatic heterocycles. The van der Waals surface area contributed by atoms with Gasteiger partial charge in [-0.1, -0.05) is 30.3 Å². The van der Waals surface area contributed by atoms with Gasteiger partial charge in [-0.15, -0.1) is 0 Å². The van der Waals surface area contributed by atoms with Crippen LogP contribution in [0.4, 0.5) is 0 Å². The summed E-state index contributed by atoms with van der Waals surface area (Å²) in [6.45, 7) is 6.20. The third-order valence-corrected chi connectivity index (χ3v) is 3.09. The Balaban J connectivity index is 2.85. The average Bonchev–Trinajstić information content (AvgIpc) is 2.49. The third kappa shape index (κ3) is 5.58. The highest BCUT2D eigenvalue weighted by Crippen LogP contribution is 2.12. The molecule has 2 N–H and O–H groups in total. The fraction of sp³-hybridized carbons (Fsp3) is 0.412. The molecule has 1 rings (SSSR count). The molecule has 0 fully saturated rings. The zero-order valence-corrected chi connectivity index (χ0v) is 13.3. The van der Waals surface area contributed by atoms with E-state index in [1.54, 1.807) is 11.8 Å². The molecule has 0 saturated heterocycles. The molecule has 0 heterocycles. The van der Waals surface area contributed by atoms with Crippen LogP contribution in [0.15, 0.2) is 42.1 Å². The summed E-state index contributed by atoms with van der Waals surface area (Å²) in [6.07, 6.45) is 0.826. The molecule has 0 aliphatic carbocycles. The van der Waals surface area contributed by atoms with Crippen molar-refractivity contribution < 1.29 is 9.90 Å². The molecule has 0 radical (unpaired) electrons. The Morgan fingerprint density at radius 3 is 2.50 bits per heavy atom. The maximum atomic E-state index is 12.5. The lowest BCUT2D eigenvalue weighted by atomic mass is 10.1. The summed E-state index contributed by atoms with van der Waals surface area (Å²) in [5.74, 6) is -0.320. The van der Waals surface area contributed by atoms with Gasteiger partial charge in [-0.05, 0) is 26.3 Å². The Bertz CT molecular complexity index is 545. The van der Waals surface area contributed by atoms with Gasteiger partial charge in [-0.2, -0.15) is 5.26 Å². The van der Waals surface area contributed by atoms with Crippen LogP contribution in [0.3, 0.4) is 0 Å². The van der Waals surface area contributed by atoms with E-state index in [-0.39, 0.29) is 17.5 Å². The first kappa shape index (κ1) is 17.7. The van der Waals surface area contributed by atoms with E-state index in [2.05, 4.69) is 5.32 Å². The zero-order valence-electron chi connectivity index (χ0n) is 13.3. The number of benzene rings is 1. The molecule has 0 bridgehead atoms. The van der Waals surface area contributed by atoms with Crippen molar-refractivity contribution in [2.75, 3.05) is 6.54 Å². The average molecular weight is 301 g/mol. The summed E-state index contributed by atoms with van der Waals surface area (Å²) in [6, 6.07) is 11.6. The minimum absolute atomic E-state index is 0.0266. The molecular formula is C17H23N3O2. The first-order chi connectivity index (χ1) is 10.5. The van der Waals surface area contributed by atoms with Gasteiger partial charge in [-0.25, -0.2) is 0 Å². The molecule has 118 valence electrons. The maximum Gasteiger partial charge on any atom is 0.266 e. The first-order valence-electron chi connectivity index (χ1n) is 7.32. The lowest BCUT2D eigenvalue weighted by Crippen LogP contribution is -2.37. The molecule has 5 nitrogen and oxygen atoms in total. The van der Waals surface area contributed by atoms with Gasteiger partial charge < -0.3 is 15.3 Å². The second kappa shape index (κ2) is 8.85. The molecule has 0 aliphatic rings. The number of aliphatic hydroxyl groups excluding tert-OH is 1. The Morgan fingerprint density at radius 1 is 1.36 bits per heavy atom. The SMILES string of the molecule is CC(O)CN/C=C(/C#N)C(=O)N(Cc1ccccc1)C(C)C. The van der Waals surface area contributed by atoms with Crippen molar-refractivity contribution in [1.82, 2.24) is 10.2 Å². The smallest absolute Gasteiger partial charge is 0.266 e. The van der Waals surface area contributed by atoms with E-state index in [0.29, 0.717) is 13.1 Å². The van der Waals surface area contributed by atoms with E-state index in [9.17, 15) is 15.2 Å². The molecule has 22 heavy (non-hydrogen) atoms. The Hall–Kier alpha value is -2.32. The van der Waals surface area contributed by atoms with Crippen LogP contribution in [-0.4, -0.2) is 34.6 Å². The van der Waals surface area contributed by atoms with Crippen LogP contribution in [0.2, 0.25) is 0 Å². The number of carbonyl (C=O) groups excluding carboxylic acids is 1. The summed E-state index contributed by atoms with van der Waals surface area (Å²) >= 11 is 0. The van der Waals surface area contributed by atoms with Gasteiger partial charge in [-0.3, -0.25) is 4.79 Å². The van der Waals surface area contributed by atoms with Crippen molar-refractivity contribution in [2.45, 2.75) is 39.5 Å². The van der Waals surface area contributed by atoms with E-state index in [1.807, 2.05) is 50.2 Å². The van der Waals surface area contributed by atoms with E-state index in [4.69, 9.17) is 0 Å². The fourth-order valence-corrected chi connectivity index (χ4v) is 1.90. The first-order valence-corrected chi connectivity index (χ1v) is 7.32. The highest BCUT2D eigenvalue weighted by atomic mass is 16.3. The number of hydrogen-bond acceptors (Lipinski definition) is 4. The Morgan fingerprint density at radius 2 is 2.00 bits per heavy atom. The molecule has 5 heteroatoms. The second-order valence-electron chi connectivity index (χ2n) is 5.44. The monoisotopic (exact) mass is 301 g/mol. The Labute approximate surface area is 131 Å². The number of hydrogen-bond donors (Lipinski definition) is 2. The maximum absolute atomic E-state index is 12.5. The summed E-state index contributed by atoms with van der Waals surface area (Å²) in [5.41, 5.74) is 1.05. The molecule has 1 aromatic carbocycles. The summed E-state index contributed by atoms with van der Waals surface area (Å²) in [7, 11) is 0. The van der Waals surface area contributed by atoms with Gasteiger partial charge in [0.15, 0.2) is 0 Å². The zero-order chi connectivity index (χ0) is 16.5. The van der Waals surface area contributed by atoms with Gasteiger partial charge >= 0.3 is 0 Å². The van der Waals surface area contributed by atoms with Crippen molar-refractivity contribution in [1.29, 1.82) is 5.26 Å². The van der Waals surface area contributed by atoms with Crippen LogP contribution < -0.4 is 5.32 Å². The largest absolute Gasteiger partial charge is 0.392 e. The molecule has 1 aromatic rings. The van der Waals surface area contributed by atoms with Crippen molar-refractivity contribution in [3.05, 3.63) is 47.7 Å². The normalized spacial score (nSPS) is 12.6. The fourth-order valence-electron chi connectivity index (χ4n) is 1.90. The van der Waals surface area contributed by atoms with Crippen molar-refractivity contribution in [3.63, 3.8) is 0 Å².